The van der Waals surface area contributed by atoms with Gasteiger partial charge in [0.2, 0.25) is 5.91 Å². The molecule has 5 rings (SSSR count). The van der Waals surface area contributed by atoms with E-state index in [-0.39, 0.29) is 15.6 Å². The Bertz CT molecular complexity index is 601. The second kappa shape index (κ2) is 4.98. The Morgan fingerprint density at radius 2 is 1.91 bits per heavy atom. The van der Waals surface area contributed by atoms with Gasteiger partial charge in [0.15, 0.2) is 0 Å². The summed E-state index contributed by atoms with van der Waals surface area (Å²) in [4.78, 5) is 13.1. The number of ether oxygens (including phenoxy) is 1. The number of rotatable bonds is 3. The quantitative estimate of drug-likeness (QED) is 0.809. The van der Waals surface area contributed by atoms with Crippen LogP contribution in [0.25, 0.3) is 0 Å². The van der Waals surface area contributed by atoms with Crippen molar-refractivity contribution in [3.05, 3.63) is 24.3 Å². The van der Waals surface area contributed by atoms with Gasteiger partial charge in [-0.05, 0) is 62.5 Å². The van der Waals surface area contributed by atoms with Crippen molar-refractivity contribution in [1.29, 1.82) is 0 Å². The molecule has 1 aromatic rings. The van der Waals surface area contributed by atoms with Gasteiger partial charge in [0, 0.05) is 4.32 Å². The smallest absolute Gasteiger partial charge is 0.230 e. The first-order valence-corrected chi connectivity index (χ1v) is 8.95. The first-order valence-electron chi connectivity index (χ1n) is 8.15. The molecule has 0 spiro atoms. The predicted molar refractivity (Wildman–Crippen MR) is 90.4 cm³/mol. The molecule has 1 amide bonds. The van der Waals surface area contributed by atoms with Crippen LogP contribution in [0.3, 0.4) is 0 Å². The third kappa shape index (κ3) is 2.27. The molecule has 2 atom stereocenters. The summed E-state index contributed by atoms with van der Waals surface area (Å²) >= 11 is 3.97. The fourth-order valence-corrected chi connectivity index (χ4v) is 6.87. The molecule has 4 aliphatic carbocycles. The van der Waals surface area contributed by atoms with Gasteiger partial charge >= 0.3 is 0 Å². The van der Waals surface area contributed by atoms with Crippen LogP contribution >= 0.6 is 15.9 Å². The van der Waals surface area contributed by atoms with Crippen molar-refractivity contribution in [2.45, 2.75) is 42.8 Å². The molecule has 4 heteroatoms. The standard InChI is InChI=1S/C18H22BrNO2/c1-22-15-5-3-2-4-14(15)20-16(21)17-7-12-6-13(8-17)10-18(19,9-12)11-17/h2-5,12-13H,6-11H2,1H3,(H,20,21). The number of amides is 1. The Morgan fingerprint density at radius 3 is 2.55 bits per heavy atom. The van der Waals surface area contributed by atoms with Crippen molar-refractivity contribution in [2.75, 3.05) is 12.4 Å². The van der Waals surface area contributed by atoms with Gasteiger partial charge in [-0.25, -0.2) is 0 Å². The summed E-state index contributed by atoms with van der Waals surface area (Å²) in [6, 6.07) is 7.67. The normalized spacial score (nSPS) is 38.8. The summed E-state index contributed by atoms with van der Waals surface area (Å²) in [5, 5.41) is 3.15. The largest absolute Gasteiger partial charge is 0.495 e. The molecule has 1 aromatic carbocycles. The highest BCUT2D eigenvalue weighted by Gasteiger charge is 2.59. The van der Waals surface area contributed by atoms with E-state index in [1.54, 1.807) is 7.11 Å². The third-order valence-electron chi connectivity index (χ3n) is 5.83. The van der Waals surface area contributed by atoms with E-state index < -0.39 is 0 Å². The molecule has 0 aliphatic heterocycles. The highest BCUT2D eigenvalue weighted by Crippen LogP contribution is 2.64. The molecule has 1 N–H and O–H groups in total. The molecular formula is C18H22BrNO2. The number of carbonyl (C=O) groups is 1. The van der Waals surface area contributed by atoms with Crippen molar-refractivity contribution in [2.24, 2.45) is 17.3 Å². The minimum Gasteiger partial charge on any atom is -0.495 e. The number of hydrogen-bond donors (Lipinski definition) is 1. The highest BCUT2D eigenvalue weighted by molar-refractivity contribution is 9.10. The number of halogens is 1. The second-order valence-electron chi connectivity index (χ2n) is 7.55. The first kappa shape index (κ1) is 14.6. The average Bonchev–Trinajstić information content (AvgIpc) is 2.45. The van der Waals surface area contributed by atoms with E-state index in [1.807, 2.05) is 24.3 Å². The molecule has 4 saturated carbocycles. The van der Waals surface area contributed by atoms with Crippen molar-refractivity contribution in [3.63, 3.8) is 0 Å². The van der Waals surface area contributed by atoms with Gasteiger partial charge in [0.1, 0.15) is 5.75 Å². The van der Waals surface area contributed by atoms with Crippen LogP contribution in [-0.2, 0) is 4.79 Å². The molecule has 0 saturated heterocycles. The predicted octanol–water partition coefficient (Wildman–Crippen LogP) is 4.37. The van der Waals surface area contributed by atoms with Crippen LogP contribution in [0.4, 0.5) is 5.69 Å². The van der Waals surface area contributed by atoms with Crippen molar-refractivity contribution >= 4 is 27.5 Å². The van der Waals surface area contributed by atoms with Crippen LogP contribution < -0.4 is 10.1 Å². The monoisotopic (exact) mass is 363 g/mol. The molecule has 0 aromatic heterocycles. The van der Waals surface area contributed by atoms with Gasteiger partial charge in [-0.1, -0.05) is 28.1 Å². The number of nitrogens with one attached hydrogen (secondary N) is 1. The van der Waals surface area contributed by atoms with Crippen LogP contribution in [0.15, 0.2) is 24.3 Å². The lowest BCUT2D eigenvalue weighted by Crippen LogP contribution is -2.57. The van der Waals surface area contributed by atoms with Gasteiger partial charge < -0.3 is 10.1 Å². The van der Waals surface area contributed by atoms with Gasteiger partial charge in [-0.2, -0.15) is 0 Å². The number of benzene rings is 1. The number of alkyl halides is 1. The maximum Gasteiger partial charge on any atom is 0.230 e. The first-order chi connectivity index (χ1) is 10.5. The summed E-state index contributed by atoms with van der Waals surface area (Å²) in [6.07, 6.45) is 6.89. The van der Waals surface area contributed by atoms with Gasteiger partial charge in [0.25, 0.3) is 0 Å². The van der Waals surface area contributed by atoms with Gasteiger partial charge in [0.05, 0.1) is 18.2 Å². The number of carbonyl (C=O) groups excluding carboxylic acids is 1. The molecule has 0 heterocycles. The van der Waals surface area contributed by atoms with E-state index in [4.69, 9.17) is 4.74 Å². The topological polar surface area (TPSA) is 38.3 Å². The molecule has 4 fully saturated rings. The summed E-state index contributed by atoms with van der Waals surface area (Å²) in [5.41, 5.74) is 0.600. The van der Waals surface area contributed by atoms with E-state index in [1.165, 1.54) is 19.3 Å². The Labute approximate surface area is 139 Å². The number of hydrogen-bond acceptors (Lipinski definition) is 2. The van der Waals surface area contributed by atoms with E-state index in [0.717, 1.165) is 30.7 Å². The van der Waals surface area contributed by atoms with Crippen LogP contribution in [0, 0.1) is 17.3 Å². The van der Waals surface area contributed by atoms with E-state index in [9.17, 15) is 4.79 Å². The van der Waals surface area contributed by atoms with Crippen LogP contribution in [-0.4, -0.2) is 17.3 Å². The fourth-order valence-electron chi connectivity index (χ4n) is 5.42. The molecule has 4 bridgehead atoms. The molecule has 0 radical (unpaired) electrons. The highest BCUT2D eigenvalue weighted by atomic mass is 79.9. The fraction of sp³-hybridized carbons (Fsp3) is 0.611. The van der Waals surface area contributed by atoms with Crippen molar-refractivity contribution in [3.8, 4) is 5.75 Å². The zero-order valence-corrected chi connectivity index (χ0v) is 14.5. The Kier molecular flexibility index (Phi) is 3.30. The van der Waals surface area contributed by atoms with Crippen LogP contribution in [0.5, 0.6) is 5.75 Å². The van der Waals surface area contributed by atoms with E-state index in [2.05, 4.69) is 21.2 Å². The molecule has 3 nitrogen and oxygen atoms in total. The summed E-state index contributed by atoms with van der Waals surface area (Å²) in [7, 11) is 1.64. The minimum absolute atomic E-state index is 0.186. The molecule has 118 valence electrons. The van der Waals surface area contributed by atoms with E-state index >= 15 is 0 Å². The molecular weight excluding hydrogens is 342 g/mol. The Morgan fingerprint density at radius 1 is 1.23 bits per heavy atom. The molecule has 22 heavy (non-hydrogen) atoms. The number of anilines is 1. The van der Waals surface area contributed by atoms with Crippen molar-refractivity contribution in [1.82, 2.24) is 0 Å². The number of methoxy groups -OCH3 is 1. The lowest BCUT2D eigenvalue weighted by Gasteiger charge is -2.59. The van der Waals surface area contributed by atoms with Gasteiger partial charge in [-0.15, -0.1) is 0 Å². The average molecular weight is 364 g/mol. The molecule has 4 aliphatic rings. The lowest BCUT2D eigenvalue weighted by atomic mass is 9.49. The van der Waals surface area contributed by atoms with E-state index in [0.29, 0.717) is 11.8 Å². The minimum atomic E-state index is -0.186. The zero-order valence-electron chi connectivity index (χ0n) is 12.9. The van der Waals surface area contributed by atoms with Crippen LogP contribution in [0.1, 0.15) is 38.5 Å². The maximum absolute atomic E-state index is 13.1. The summed E-state index contributed by atoms with van der Waals surface area (Å²) in [6.45, 7) is 0. The van der Waals surface area contributed by atoms with Crippen molar-refractivity contribution < 1.29 is 9.53 Å². The summed E-state index contributed by atoms with van der Waals surface area (Å²) in [5.74, 6) is 2.34. The summed E-state index contributed by atoms with van der Waals surface area (Å²) < 4.78 is 5.56. The second-order valence-corrected chi connectivity index (χ2v) is 9.23. The zero-order chi connectivity index (χ0) is 15.4. The third-order valence-corrected chi connectivity index (χ3v) is 6.75. The number of para-hydroxylation sites is 2. The maximum atomic E-state index is 13.1. The Balaban J connectivity index is 1.60. The Hall–Kier alpha value is -1.03. The van der Waals surface area contributed by atoms with Gasteiger partial charge in [-0.3, -0.25) is 4.79 Å². The SMILES string of the molecule is COc1ccccc1NC(=O)C12CC3CC(CC(Br)(C3)C1)C2. The molecule has 2 unspecified atom stereocenters. The lowest BCUT2D eigenvalue weighted by molar-refractivity contribution is -0.138. The van der Waals surface area contributed by atoms with Crippen LogP contribution in [0.2, 0.25) is 0 Å².